The van der Waals surface area contributed by atoms with E-state index in [9.17, 15) is 0 Å². The van der Waals surface area contributed by atoms with E-state index in [0.29, 0.717) is 10.7 Å². The third kappa shape index (κ3) is 4.58. The Morgan fingerprint density at radius 2 is 1.64 bits per heavy atom. The fourth-order valence-corrected chi connectivity index (χ4v) is 4.20. The summed E-state index contributed by atoms with van der Waals surface area (Å²) in [5.41, 5.74) is 8.41. The Balaban J connectivity index is 1.41. The summed E-state index contributed by atoms with van der Waals surface area (Å²) in [5, 5.41) is 1.49. The van der Waals surface area contributed by atoms with Gasteiger partial charge in [-0.2, -0.15) is 0 Å². The molecule has 3 aromatic rings. The zero-order valence-electron chi connectivity index (χ0n) is 15.5. The van der Waals surface area contributed by atoms with Gasteiger partial charge in [0.05, 0.1) is 0 Å². The predicted octanol–water partition coefficient (Wildman–Crippen LogP) is 4.19. The van der Waals surface area contributed by atoms with Crippen LogP contribution in [0.2, 0.25) is 5.02 Å². The molecular formula is C21H22ClN5S. The summed E-state index contributed by atoms with van der Waals surface area (Å²) >= 11 is 7.50. The number of nitrogen functional groups attached to an aromatic ring is 1. The van der Waals surface area contributed by atoms with Crippen LogP contribution < -0.4 is 10.6 Å². The molecule has 5 nitrogen and oxygen atoms in total. The van der Waals surface area contributed by atoms with Crippen molar-refractivity contribution < 1.29 is 0 Å². The SMILES string of the molecule is Nc1c(Sc2ccc(Cl)cc2)ncnc1N1CCN(Cc2ccccc2)CC1. The fraction of sp³-hybridized carbons (Fsp3) is 0.238. The van der Waals surface area contributed by atoms with Crippen molar-refractivity contribution in [1.82, 2.24) is 14.9 Å². The van der Waals surface area contributed by atoms with Gasteiger partial charge in [-0.1, -0.05) is 53.7 Å². The van der Waals surface area contributed by atoms with Gasteiger partial charge in [0.15, 0.2) is 5.82 Å². The van der Waals surface area contributed by atoms with E-state index in [0.717, 1.165) is 48.5 Å². The van der Waals surface area contributed by atoms with Crippen LogP contribution in [-0.4, -0.2) is 41.0 Å². The van der Waals surface area contributed by atoms with E-state index in [4.69, 9.17) is 17.3 Å². The number of halogens is 1. The van der Waals surface area contributed by atoms with Gasteiger partial charge in [-0.3, -0.25) is 4.90 Å². The number of anilines is 2. The number of benzene rings is 2. The molecule has 4 rings (SSSR count). The molecule has 0 radical (unpaired) electrons. The molecule has 1 aliphatic heterocycles. The summed E-state index contributed by atoms with van der Waals surface area (Å²) < 4.78 is 0. The van der Waals surface area contributed by atoms with E-state index in [1.807, 2.05) is 24.3 Å². The van der Waals surface area contributed by atoms with Gasteiger partial charge < -0.3 is 10.6 Å². The molecule has 0 spiro atoms. The molecule has 1 aliphatic rings. The molecule has 144 valence electrons. The Bertz CT molecular complexity index is 912. The van der Waals surface area contributed by atoms with Gasteiger partial charge in [-0.25, -0.2) is 9.97 Å². The number of hydrogen-bond acceptors (Lipinski definition) is 6. The summed E-state index contributed by atoms with van der Waals surface area (Å²) in [7, 11) is 0. The topological polar surface area (TPSA) is 58.3 Å². The molecule has 0 amide bonds. The normalized spacial score (nSPS) is 15.0. The summed E-state index contributed by atoms with van der Waals surface area (Å²) in [4.78, 5) is 14.6. The minimum atomic E-state index is 0.638. The van der Waals surface area contributed by atoms with Crippen LogP contribution in [0.25, 0.3) is 0 Å². The highest BCUT2D eigenvalue weighted by molar-refractivity contribution is 7.99. The maximum absolute atomic E-state index is 6.42. The van der Waals surface area contributed by atoms with Crippen molar-refractivity contribution >= 4 is 34.9 Å². The minimum Gasteiger partial charge on any atom is -0.394 e. The first-order valence-electron chi connectivity index (χ1n) is 9.24. The average Bonchev–Trinajstić information content (AvgIpc) is 2.73. The second kappa shape index (κ2) is 8.82. The van der Waals surface area contributed by atoms with E-state index in [1.165, 1.54) is 17.3 Å². The third-order valence-corrected chi connectivity index (χ3v) is 6.05. The van der Waals surface area contributed by atoms with E-state index in [2.05, 4.69) is 50.1 Å². The fourth-order valence-electron chi connectivity index (χ4n) is 3.28. The molecule has 1 aromatic heterocycles. The molecule has 2 heterocycles. The van der Waals surface area contributed by atoms with E-state index in [1.54, 1.807) is 6.33 Å². The smallest absolute Gasteiger partial charge is 0.156 e. The molecule has 0 aliphatic carbocycles. The van der Waals surface area contributed by atoms with Crippen LogP contribution in [0.4, 0.5) is 11.5 Å². The van der Waals surface area contributed by atoms with Gasteiger partial charge in [0.25, 0.3) is 0 Å². The van der Waals surface area contributed by atoms with Crippen molar-refractivity contribution in [3.63, 3.8) is 0 Å². The predicted molar refractivity (Wildman–Crippen MR) is 116 cm³/mol. The molecule has 0 saturated carbocycles. The zero-order valence-corrected chi connectivity index (χ0v) is 17.0. The highest BCUT2D eigenvalue weighted by Gasteiger charge is 2.21. The number of rotatable bonds is 5. The molecule has 2 aromatic carbocycles. The lowest BCUT2D eigenvalue weighted by molar-refractivity contribution is 0.249. The van der Waals surface area contributed by atoms with Gasteiger partial charge in [-0.15, -0.1) is 0 Å². The van der Waals surface area contributed by atoms with Crippen LogP contribution in [0.15, 0.2) is 70.8 Å². The summed E-state index contributed by atoms with van der Waals surface area (Å²) in [6.45, 7) is 4.75. The van der Waals surface area contributed by atoms with Crippen LogP contribution in [-0.2, 0) is 6.54 Å². The van der Waals surface area contributed by atoms with Gasteiger partial charge in [-0.05, 0) is 29.8 Å². The Kier molecular flexibility index (Phi) is 6.00. The molecular weight excluding hydrogens is 390 g/mol. The number of nitrogens with two attached hydrogens (primary N) is 1. The van der Waals surface area contributed by atoms with Crippen LogP contribution >= 0.6 is 23.4 Å². The molecule has 0 bridgehead atoms. The first-order valence-corrected chi connectivity index (χ1v) is 10.4. The Morgan fingerprint density at radius 3 is 2.36 bits per heavy atom. The van der Waals surface area contributed by atoms with Crippen molar-refractivity contribution in [2.45, 2.75) is 16.5 Å². The zero-order chi connectivity index (χ0) is 19.3. The Hall–Kier alpha value is -2.28. The lowest BCUT2D eigenvalue weighted by Gasteiger charge is -2.35. The van der Waals surface area contributed by atoms with Crippen molar-refractivity contribution in [2.75, 3.05) is 36.8 Å². The minimum absolute atomic E-state index is 0.638. The average molecular weight is 412 g/mol. The van der Waals surface area contributed by atoms with Gasteiger partial charge in [0.1, 0.15) is 17.0 Å². The summed E-state index contributed by atoms with van der Waals surface area (Å²) in [5.74, 6) is 0.825. The van der Waals surface area contributed by atoms with Crippen molar-refractivity contribution in [3.05, 3.63) is 71.5 Å². The lowest BCUT2D eigenvalue weighted by atomic mass is 10.2. The quantitative estimate of drug-likeness (QED) is 0.635. The maximum atomic E-state index is 6.42. The van der Waals surface area contributed by atoms with Crippen LogP contribution in [0.5, 0.6) is 0 Å². The van der Waals surface area contributed by atoms with Gasteiger partial charge in [0, 0.05) is 42.6 Å². The van der Waals surface area contributed by atoms with Gasteiger partial charge >= 0.3 is 0 Å². The second-order valence-corrected chi connectivity index (χ2v) is 8.22. The molecule has 7 heteroatoms. The number of aromatic nitrogens is 2. The highest BCUT2D eigenvalue weighted by Crippen LogP contribution is 2.35. The molecule has 28 heavy (non-hydrogen) atoms. The number of hydrogen-bond donors (Lipinski definition) is 1. The van der Waals surface area contributed by atoms with E-state index >= 15 is 0 Å². The third-order valence-electron chi connectivity index (χ3n) is 4.78. The van der Waals surface area contributed by atoms with Crippen molar-refractivity contribution in [1.29, 1.82) is 0 Å². The van der Waals surface area contributed by atoms with E-state index in [-0.39, 0.29) is 0 Å². The molecule has 1 fully saturated rings. The van der Waals surface area contributed by atoms with Crippen molar-refractivity contribution in [3.8, 4) is 0 Å². The second-order valence-electron chi connectivity index (χ2n) is 6.72. The highest BCUT2D eigenvalue weighted by atomic mass is 35.5. The summed E-state index contributed by atoms with van der Waals surface area (Å²) in [6.07, 6.45) is 1.60. The van der Waals surface area contributed by atoms with Crippen LogP contribution in [0.3, 0.4) is 0 Å². The molecule has 0 atom stereocenters. The first kappa shape index (κ1) is 19.1. The van der Waals surface area contributed by atoms with Crippen LogP contribution in [0, 0.1) is 0 Å². The molecule has 0 unspecified atom stereocenters. The first-order chi connectivity index (χ1) is 13.7. The van der Waals surface area contributed by atoms with Crippen LogP contribution in [0.1, 0.15) is 5.56 Å². The molecule has 1 saturated heterocycles. The Morgan fingerprint density at radius 1 is 0.929 bits per heavy atom. The van der Waals surface area contributed by atoms with Crippen molar-refractivity contribution in [2.24, 2.45) is 0 Å². The maximum Gasteiger partial charge on any atom is 0.156 e. The monoisotopic (exact) mass is 411 g/mol. The standard InChI is InChI=1S/C21H22ClN5S/c22-17-6-8-18(9-7-17)28-21-19(23)20(24-15-25-21)27-12-10-26(11-13-27)14-16-4-2-1-3-5-16/h1-9,15H,10-14,23H2. The number of nitrogens with zero attached hydrogens (tertiary/aromatic N) is 4. The van der Waals surface area contributed by atoms with E-state index < -0.39 is 0 Å². The molecule has 2 N–H and O–H groups in total. The number of piperazine rings is 1. The Labute approximate surface area is 174 Å². The summed E-state index contributed by atoms with van der Waals surface area (Å²) in [6, 6.07) is 18.3. The lowest BCUT2D eigenvalue weighted by Crippen LogP contribution is -2.46. The van der Waals surface area contributed by atoms with Gasteiger partial charge in [0.2, 0.25) is 0 Å². The largest absolute Gasteiger partial charge is 0.394 e.